The van der Waals surface area contributed by atoms with Crippen molar-refractivity contribution < 1.29 is 15.1 Å². The molecule has 108 valence electrons. The molecule has 2 rings (SSSR count). The van der Waals surface area contributed by atoms with Crippen LogP contribution in [0.15, 0.2) is 59.2 Å². The fourth-order valence-corrected chi connectivity index (χ4v) is 2.13. The summed E-state index contributed by atoms with van der Waals surface area (Å²) in [6, 6.07) is 8.78. The Morgan fingerprint density at radius 2 is 1.90 bits per heavy atom. The SMILES string of the molecule is N=C1C=CC(Cl)=C/C1=C(\c1ccccc1)N(O)CC(=O)O. The number of nitrogens with zero attached hydrogens (tertiary/aromatic N) is 1. The molecule has 5 nitrogen and oxygen atoms in total. The van der Waals surface area contributed by atoms with Crippen molar-refractivity contribution in [3.05, 3.63) is 64.7 Å². The zero-order chi connectivity index (χ0) is 15.4. The summed E-state index contributed by atoms with van der Waals surface area (Å²) in [4.78, 5) is 10.8. The summed E-state index contributed by atoms with van der Waals surface area (Å²) in [5.41, 5.74) is 1.32. The molecule has 1 aromatic carbocycles. The third-order valence-electron chi connectivity index (χ3n) is 2.83. The molecule has 0 heterocycles. The Bertz CT molecular complexity index is 663. The van der Waals surface area contributed by atoms with E-state index in [-0.39, 0.29) is 11.4 Å². The molecule has 0 amide bonds. The van der Waals surface area contributed by atoms with E-state index in [4.69, 9.17) is 22.1 Å². The monoisotopic (exact) mass is 304 g/mol. The van der Waals surface area contributed by atoms with E-state index in [1.165, 1.54) is 12.2 Å². The van der Waals surface area contributed by atoms with Gasteiger partial charge in [0.25, 0.3) is 0 Å². The molecular formula is C15H13ClN2O3. The Labute approximate surface area is 126 Å². The molecule has 0 fully saturated rings. The van der Waals surface area contributed by atoms with Crippen LogP contribution in [-0.4, -0.2) is 33.6 Å². The largest absolute Gasteiger partial charge is 0.480 e. The molecule has 21 heavy (non-hydrogen) atoms. The molecule has 0 unspecified atom stereocenters. The molecule has 1 aliphatic carbocycles. The van der Waals surface area contributed by atoms with E-state index >= 15 is 0 Å². The number of hydrogen-bond donors (Lipinski definition) is 3. The Morgan fingerprint density at radius 3 is 2.52 bits per heavy atom. The minimum Gasteiger partial charge on any atom is -0.480 e. The highest BCUT2D eigenvalue weighted by atomic mass is 35.5. The molecule has 0 radical (unpaired) electrons. The number of benzene rings is 1. The summed E-state index contributed by atoms with van der Waals surface area (Å²) in [5.74, 6) is -1.18. The lowest BCUT2D eigenvalue weighted by Gasteiger charge is -2.22. The zero-order valence-electron chi connectivity index (χ0n) is 11.0. The highest BCUT2D eigenvalue weighted by Crippen LogP contribution is 2.27. The molecule has 0 atom stereocenters. The smallest absolute Gasteiger partial charge is 0.325 e. The van der Waals surface area contributed by atoms with Crippen molar-refractivity contribution in [2.75, 3.05) is 6.54 Å². The van der Waals surface area contributed by atoms with Crippen LogP contribution in [0, 0.1) is 5.41 Å². The van der Waals surface area contributed by atoms with Crippen molar-refractivity contribution in [3.63, 3.8) is 0 Å². The molecule has 3 N–H and O–H groups in total. The maximum Gasteiger partial charge on any atom is 0.325 e. The van der Waals surface area contributed by atoms with E-state index < -0.39 is 12.5 Å². The number of nitrogens with one attached hydrogen (secondary N) is 1. The molecule has 1 aliphatic rings. The Kier molecular flexibility index (Phi) is 4.57. The lowest BCUT2D eigenvalue weighted by Crippen LogP contribution is -2.27. The molecule has 0 saturated heterocycles. The normalized spacial score (nSPS) is 16.5. The van der Waals surface area contributed by atoms with Crippen LogP contribution in [0.3, 0.4) is 0 Å². The van der Waals surface area contributed by atoms with Gasteiger partial charge in [-0.2, -0.15) is 0 Å². The van der Waals surface area contributed by atoms with Crippen molar-refractivity contribution in [2.24, 2.45) is 0 Å². The van der Waals surface area contributed by atoms with E-state index in [1.807, 2.05) is 0 Å². The van der Waals surface area contributed by atoms with E-state index in [0.29, 0.717) is 21.2 Å². The maximum atomic E-state index is 10.8. The van der Waals surface area contributed by atoms with Crippen LogP contribution in [0.4, 0.5) is 0 Å². The Hall–Kier alpha value is -2.37. The van der Waals surface area contributed by atoms with Crippen molar-refractivity contribution in [1.82, 2.24) is 5.06 Å². The van der Waals surface area contributed by atoms with Gasteiger partial charge in [0.2, 0.25) is 0 Å². The van der Waals surface area contributed by atoms with E-state index in [9.17, 15) is 10.0 Å². The molecule has 6 heteroatoms. The van der Waals surface area contributed by atoms with Gasteiger partial charge in [0.1, 0.15) is 6.54 Å². The summed E-state index contributed by atoms with van der Waals surface area (Å²) < 4.78 is 0. The minimum absolute atomic E-state index is 0.141. The number of allylic oxidation sites excluding steroid dienone is 5. The predicted octanol–water partition coefficient (Wildman–Crippen LogP) is 2.89. The van der Waals surface area contributed by atoms with Gasteiger partial charge in [0.15, 0.2) is 0 Å². The third kappa shape index (κ3) is 3.59. The number of rotatable bonds is 4. The standard InChI is InChI=1S/C15H13ClN2O3/c16-11-6-7-13(17)12(8-11)15(18(21)9-14(19)20)10-4-2-1-3-5-10/h1-8,17,21H,9H2,(H,19,20)/b15-12-,17-13?. The van der Waals surface area contributed by atoms with Crippen LogP contribution in [0.2, 0.25) is 0 Å². The first-order valence-corrected chi connectivity index (χ1v) is 6.49. The number of aliphatic carboxylic acids is 1. The number of carboxylic acids is 1. The summed E-state index contributed by atoms with van der Waals surface area (Å²) >= 11 is 5.95. The second-order valence-corrected chi connectivity index (χ2v) is 4.79. The number of carboxylic acid groups (broad SMARTS) is 1. The predicted molar refractivity (Wildman–Crippen MR) is 80.3 cm³/mol. The molecular weight excluding hydrogens is 292 g/mol. The van der Waals surface area contributed by atoms with E-state index in [1.54, 1.807) is 36.4 Å². The molecule has 1 aromatic rings. The third-order valence-corrected chi connectivity index (χ3v) is 3.06. The van der Waals surface area contributed by atoms with Gasteiger partial charge in [0, 0.05) is 16.2 Å². The Morgan fingerprint density at radius 1 is 1.24 bits per heavy atom. The fourth-order valence-electron chi connectivity index (χ4n) is 1.96. The lowest BCUT2D eigenvalue weighted by atomic mass is 9.98. The topological polar surface area (TPSA) is 84.6 Å². The zero-order valence-corrected chi connectivity index (χ0v) is 11.7. The highest BCUT2D eigenvalue weighted by Gasteiger charge is 2.20. The van der Waals surface area contributed by atoms with Gasteiger partial charge in [-0.05, 0) is 18.2 Å². The van der Waals surface area contributed by atoms with Crippen LogP contribution in [0.1, 0.15) is 5.56 Å². The second kappa shape index (κ2) is 6.39. The van der Waals surface area contributed by atoms with Crippen molar-refractivity contribution in [3.8, 4) is 0 Å². The van der Waals surface area contributed by atoms with E-state index in [0.717, 1.165) is 0 Å². The summed E-state index contributed by atoms with van der Waals surface area (Å²) in [6.07, 6.45) is 4.58. The van der Waals surface area contributed by atoms with Crippen LogP contribution in [0.5, 0.6) is 0 Å². The second-order valence-electron chi connectivity index (χ2n) is 4.36. The van der Waals surface area contributed by atoms with Crippen LogP contribution >= 0.6 is 11.6 Å². The fraction of sp³-hybridized carbons (Fsp3) is 0.0667. The van der Waals surface area contributed by atoms with Crippen molar-refractivity contribution >= 4 is 29.0 Å². The maximum absolute atomic E-state index is 10.8. The summed E-state index contributed by atoms with van der Waals surface area (Å²) in [7, 11) is 0. The van der Waals surface area contributed by atoms with Gasteiger partial charge in [-0.1, -0.05) is 41.9 Å². The molecule has 0 aliphatic heterocycles. The number of halogens is 1. The first-order chi connectivity index (χ1) is 9.99. The van der Waals surface area contributed by atoms with Gasteiger partial charge in [-0.15, -0.1) is 0 Å². The van der Waals surface area contributed by atoms with Gasteiger partial charge in [-0.25, -0.2) is 5.06 Å². The average molecular weight is 305 g/mol. The van der Waals surface area contributed by atoms with Crippen LogP contribution in [0.25, 0.3) is 5.70 Å². The first-order valence-electron chi connectivity index (χ1n) is 6.11. The minimum atomic E-state index is -1.18. The highest BCUT2D eigenvalue weighted by molar-refractivity contribution is 6.33. The Balaban J connectivity index is 2.58. The average Bonchev–Trinajstić information content (AvgIpc) is 2.43. The molecule has 0 saturated carbocycles. The van der Waals surface area contributed by atoms with Gasteiger partial charge < -0.3 is 10.5 Å². The van der Waals surface area contributed by atoms with Gasteiger partial charge in [-0.3, -0.25) is 10.0 Å². The number of hydroxylamine groups is 2. The van der Waals surface area contributed by atoms with Crippen LogP contribution < -0.4 is 0 Å². The van der Waals surface area contributed by atoms with Gasteiger partial charge >= 0.3 is 5.97 Å². The van der Waals surface area contributed by atoms with E-state index in [2.05, 4.69) is 0 Å². The molecule has 0 spiro atoms. The molecule has 0 bridgehead atoms. The van der Waals surface area contributed by atoms with Crippen molar-refractivity contribution in [1.29, 1.82) is 5.41 Å². The van der Waals surface area contributed by atoms with Crippen molar-refractivity contribution in [2.45, 2.75) is 0 Å². The summed E-state index contributed by atoms with van der Waals surface area (Å²) in [5, 5.41) is 27.9. The lowest BCUT2D eigenvalue weighted by molar-refractivity contribution is -0.145. The van der Waals surface area contributed by atoms with Gasteiger partial charge in [0.05, 0.1) is 11.4 Å². The number of carbonyl (C=O) groups is 1. The quantitative estimate of drug-likeness (QED) is 0.747. The summed E-state index contributed by atoms with van der Waals surface area (Å²) in [6.45, 7) is -0.601. The molecule has 0 aromatic heterocycles. The van der Waals surface area contributed by atoms with Crippen LogP contribution in [-0.2, 0) is 4.79 Å². The first kappa shape index (κ1) is 15.0. The number of hydrogen-bond acceptors (Lipinski definition) is 4.